The summed E-state index contributed by atoms with van der Waals surface area (Å²) in [5.41, 5.74) is 6.85. The Labute approximate surface area is 69.4 Å². The molecule has 0 bridgehead atoms. The van der Waals surface area contributed by atoms with E-state index >= 15 is 0 Å². The van der Waals surface area contributed by atoms with E-state index in [2.05, 4.69) is 13.5 Å². The van der Waals surface area contributed by atoms with Crippen molar-refractivity contribution in [3.8, 4) is 0 Å². The molecule has 2 heteroatoms. The highest BCUT2D eigenvalue weighted by Crippen LogP contribution is 1.99. The zero-order valence-corrected chi connectivity index (χ0v) is 7.60. The van der Waals surface area contributed by atoms with E-state index < -0.39 is 0 Å². The first-order chi connectivity index (χ1) is 5.16. The first-order valence-electron chi connectivity index (χ1n) is 4.14. The minimum Gasteiger partial charge on any atom is -0.380 e. The standard InChI is InChI=1S/C9H19NO/c1-4-5-11-7-9(10)6-8(2)3/h9H,2,4-7,10H2,1,3H3. The van der Waals surface area contributed by atoms with Crippen molar-refractivity contribution in [3.05, 3.63) is 12.2 Å². The predicted octanol–water partition coefficient (Wildman–Crippen LogP) is 1.71. The lowest BCUT2D eigenvalue weighted by Gasteiger charge is -2.10. The van der Waals surface area contributed by atoms with Gasteiger partial charge in [-0.25, -0.2) is 0 Å². The van der Waals surface area contributed by atoms with Crippen LogP contribution in [-0.2, 0) is 4.74 Å². The van der Waals surface area contributed by atoms with E-state index in [4.69, 9.17) is 10.5 Å². The lowest BCUT2D eigenvalue weighted by atomic mass is 10.1. The first kappa shape index (κ1) is 10.7. The lowest BCUT2D eigenvalue weighted by molar-refractivity contribution is 0.121. The molecule has 0 rings (SSSR count). The molecule has 0 aliphatic carbocycles. The Hall–Kier alpha value is -0.340. The molecule has 0 saturated heterocycles. The molecule has 1 atom stereocenters. The number of hydrogen-bond acceptors (Lipinski definition) is 2. The zero-order valence-electron chi connectivity index (χ0n) is 7.60. The smallest absolute Gasteiger partial charge is 0.0620 e. The maximum absolute atomic E-state index is 5.73. The largest absolute Gasteiger partial charge is 0.380 e. The third-order valence-corrected chi connectivity index (χ3v) is 1.29. The van der Waals surface area contributed by atoms with Crippen molar-refractivity contribution in [1.82, 2.24) is 0 Å². The summed E-state index contributed by atoms with van der Waals surface area (Å²) in [4.78, 5) is 0. The summed E-state index contributed by atoms with van der Waals surface area (Å²) in [6.45, 7) is 9.32. The highest BCUT2D eigenvalue weighted by atomic mass is 16.5. The van der Waals surface area contributed by atoms with Gasteiger partial charge in [-0.1, -0.05) is 12.5 Å². The van der Waals surface area contributed by atoms with E-state index in [-0.39, 0.29) is 6.04 Å². The van der Waals surface area contributed by atoms with E-state index in [1.807, 2.05) is 6.92 Å². The molecular formula is C9H19NO. The van der Waals surface area contributed by atoms with Crippen LogP contribution in [0.2, 0.25) is 0 Å². The monoisotopic (exact) mass is 157 g/mol. The second kappa shape index (κ2) is 6.38. The Morgan fingerprint density at radius 3 is 2.73 bits per heavy atom. The fourth-order valence-electron chi connectivity index (χ4n) is 0.886. The fourth-order valence-corrected chi connectivity index (χ4v) is 0.886. The van der Waals surface area contributed by atoms with Gasteiger partial charge in [-0.2, -0.15) is 0 Å². The van der Waals surface area contributed by atoms with Crippen molar-refractivity contribution in [1.29, 1.82) is 0 Å². The van der Waals surface area contributed by atoms with Crippen LogP contribution in [0.3, 0.4) is 0 Å². The van der Waals surface area contributed by atoms with Gasteiger partial charge in [0.1, 0.15) is 0 Å². The minimum atomic E-state index is 0.124. The molecule has 0 aromatic rings. The van der Waals surface area contributed by atoms with Crippen molar-refractivity contribution in [2.24, 2.45) is 5.73 Å². The van der Waals surface area contributed by atoms with Gasteiger partial charge >= 0.3 is 0 Å². The molecule has 0 spiro atoms. The van der Waals surface area contributed by atoms with Gasteiger partial charge in [0.2, 0.25) is 0 Å². The van der Waals surface area contributed by atoms with Crippen LogP contribution in [0.4, 0.5) is 0 Å². The van der Waals surface area contributed by atoms with Gasteiger partial charge in [-0.15, -0.1) is 6.58 Å². The van der Waals surface area contributed by atoms with E-state index in [1.54, 1.807) is 0 Å². The van der Waals surface area contributed by atoms with Crippen LogP contribution < -0.4 is 5.73 Å². The van der Waals surface area contributed by atoms with Gasteiger partial charge in [0.15, 0.2) is 0 Å². The Morgan fingerprint density at radius 1 is 1.64 bits per heavy atom. The van der Waals surface area contributed by atoms with Gasteiger partial charge in [-0.05, 0) is 19.8 Å². The Kier molecular flexibility index (Phi) is 6.18. The molecule has 1 unspecified atom stereocenters. The van der Waals surface area contributed by atoms with Crippen LogP contribution >= 0.6 is 0 Å². The molecule has 11 heavy (non-hydrogen) atoms. The summed E-state index contributed by atoms with van der Waals surface area (Å²) in [6.07, 6.45) is 1.92. The quantitative estimate of drug-likeness (QED) is 0.470. The molecule has 0 fully saturated rings. The first-order valence-corrected chi connectivity index (χ1v) is 4.14. The molecule has 0 aliphatic rings. The van der Waals surface area contributed by atoms with Crippen LogP contribution in [0.25, 0.3) is 0 Å². The van der Waals surface area contributed by atoms with Crippen molar-refractivity contribution in [2.75, 3.05) is 13.2 Å². The Balaban J connectivity index is 3.22. The number of rotatable bonds is 6. The number of ether oxygens (including phenoxy) is 1. The van der Waals surface area contributed by atoms with Crippen molar-refractivity contribution >= 4 is 0 Å². The summed E-state index contributed by atoms with van der Waals surface area (Å²) < 4.78 is 5.28. The fraction of sp³-hybridized carbons (Fsp3) is 0.778. The third kappa shape index (κ3) is 7.56. The van der Waals surface area contributed by atoms with Crippen LogP contribution in [-0.4, -0.2) is 19.3 Å². The average molecular weight is 157 g/mol. The molecule has 0 aliphatic heterocycles. The van der Waals surface area contributed by atoms with E-state index in [1.165, 1.54) is 0 Å². The second-order valence-corrected chi connectivity index (χ2v) is 3.00. The van der Waals surface area contributed by atoms with Crippen molar-refractivity contribution in [3.63, 3.8) is 0 Å². The number of hydrogen-bond donors (Lipinski definition) is 1. The van der Waals surface area contributed by atoms with Gasteiger partial charge in [0.05, 0.1) is 6.61 Å². The lowest BCUT2D eigenvalue weighted by Crippen LogP contribution is -2.26. The zero-order chi connectivity index (χ0) is 8.69. The predicted molar refractivity (Wildman–Crippen MR) is 48.5 cm³/mol. The summed E-state index contributed by atoms with van der Waals surface area (Å²) in [6, 6.07) is 0.124. The molecule has 2 N–H and O–H groups in total. The molecule has 0 heterocycles. The third-order valence-electron chi connectivity index (χ3n) is 1.29. The van der Waals surface area contributed by atoms with E-state index in [9.17, 15) is 0 Å². The topological polar surface area (TPSA) is 35.2 Å². The van der Waals surface area contributed by atoms with Crippen LogP contribution in [0.5, 0.6) is 0 Å². The summed E-state index contributed by atoms with van der Waals surface area (Å²) in [7, 11) is 0. The van der Waals surface area contributed by atoms with Crippen LogP contribution in [0.15, 0.2) is 12.2 Å². The van der Waals surface area contributed by atoms with Gasteiger partial charge in [0.25, 0.3) is 0 Å². The minimum absolute atomic E-state index is 0.124. The molecule has 0 aromatic carbocycles. The average Bonchev–Trinajstić information content (AvgIpc) is 1.86. The number of nitrogens with two attached hydrogens (primary N) is 1. The highest BCUT2D eigenvalue weighted by molar-refractivity contribution is 4.91. The van der Waals surface area contributed by atoms with E-state index in [0.717, 1.165) is 25.0 Å². The molecule has 0 amide bonds. The maximum Gasteiger partial charge on any atom is 0.0620 e. The van der Waals surface area contributed by atoms with Crippen LogP contribution in [0, 0.1) is 0 Å². The molecule has 2 nitrogen and oxygen atoms in total. The van der Waals surface area contributed by atoms with Crippen LogP contribution in [0.1, 0.15) is 26.7 Å². The van der Waals surface area contributed by atoms with Gasteiger partial charge in [0, 0.05) is 12.6 Å². The second-order valence-electron chi connectivity index (χ2n) is 3.00. The van der Waals surface area contributed by atoms with Crippen molar-refractivity contribution < 1.29 is 4.74 Å². The van der Waals surface area contributed by atoms with Gasteiger partial charge < -0.3 is 10.5 Å². The molecule has 0 radical (unpaired) electrons. The normalized spacial score (nSPS) is 13.0. The molecule has 66 valence electrons. The van der Waals surface area contributed by atoms with Crippen molar-refractivity contribution in [2.45, 2.75) is 32.7 Å². The molecule has 0 saturated carbocycles. The van der Waals surface area contributed by atoms with E-state index in [0.29, 0.717) is 6.61 Å². The summed E-state index contributed by atoms with van der Waals surface area (Å²) >= 11 is 0. The molecule has 0 aromatic heterocycles. The SMILES string of the molecule is C=C(C)CC(N)COCCC. The Morgan fingerprint density at radius 2 is 2.27 bits per heavy atom. The maximum atomic E-state index is 5.73. The highest BCUT2D eigenvalue weighted by Gasteiger charge is 2.01. The Bertz CT molecular complexity index is 112. The summed E-state index contributed by atoms with van der Waals surface area (Å²) in [5, 5.41) is 0. The van der Waals surface area contributed by atoms with Gasteiger partial charge in [-0.3, -0.25) is 0 Å². The summed E-state index contributed by atoms with van der Waals surface area (Å²) in [5.74, 6) is 0. The molecular weight excluding hydrogens is 138 g/mol.